The summed E-state index contributed by atoms with van der Waals surface area (Å²) in [6.07, 6.45) is 2.03. The Hall–Kier alpha value is -1.94. The molecule has 0 radical (unpaired) electrons. The van der Waals surface area contributed by atoms with E-state index < -0.39 is 0 Å². The summed E-state index contributed by atoms with van der Waals surface area (Å²) in [4.78, 5) is 24.4. The topological polar surface area (TPSA) is 46.2 Å². The number of rotatable bonds is 3. The van der Waals surface area contributed by atoms with Gasteiger partial charge in [0.05, 0.1) is 10.9 Å². The lowest BCUT2D eigenvalue weighted by Crippen LogP contribution is -2.31. The highest BCUT2D eigenvalue weighted by Gasteiger charge is 2.26. The number of Topliss-reactive ketones (excluding diaryl/α,β-unsaturated/α-hetero) is 1. The summed E-state index contributed by atoms with van der Waals surface area (Å²) in [6.45, 7) is 3.75. The lowest BCUT2D eigenvalue weighted by Gasteiger charge is -2.30. The summed E-state index contributed by atoms with van der Waals surface area (Å²) in [5.41, 5.74) is 3.15. The lowest BCUT2D eigenvalue weighted by atomic mass is 9.81. The molecule has 0 fully saturated rings. The van der Waals surface area contributed by atoms with Crippen LogP contribution in [0.15, 0.2) is 35.7 Å². The third-order valence-corrected chi connectivity index (χ3v) is 5.25. The van der Waals surface area contributed by atoms with Crippen LogP contribution in [0.3, 0.4) is 0 Å². The molecular weight excluding hydrogens is 294 g/mol. The van der Waals surface area contributed by atoms with Crippen LogP contribution >= 0.6 is 11.3 Å². The monoisotopic (exact) mass is 313 g/mol. The Morgan fingerprint density at radius 1 is 1.18 bits per heavy atom. The molecule has 114 valence electrons. The van der Waals surface area contributed by atoms with E-state index in [2.05, 4.69) is 30.4 Å². The molecule has 0 aliphatic heterocycles. The van der Waals surface area contributed by atoms with Crippen LogP contribution in [0.25, 0.3) is 0 Å². The van der Waals surface area contributed by atoms with Gasteiger partial charge in [0, 0.05) is 10.9 Å². The highest BCUT2D eigenvalue weighted by Crippen LogP contribution is 2.37. The molecule has 1 aliphatic rings. The van der Waals surface area contributed by atoms with Crippen LogP contribution in [0.2, 0.25) is 0 Å². The molecule has 0 saturated carbocycles. The maximum Gasteiger partial charge on any atom is 0.261 e. The second kappa shape index (κ2) is 6.05. The van der Waals surface area contributed by atoms with E-state index in [-0.39, 0.29) is 17.7 Å². The van der Waals surface area contributed by atoms with Crippen LogP contribution in [0.4, 0.5) is 0 Å². The summed E-state index contributed by atoms with van der Waals surface area (Å²) in [6, 6.07) is 10.1. The summed E-state index contributed by atoms with van der Waals surface area (Å²) >= 11 is 1.32. The number of thiophene rings is 1. The number of carbonyl (C=O) groups is 2. The zero-order chi connectivity index (χ0) is 15.7. The van der Waals surface area contributed by atoms with Crippen molar-refractivity contribution in [2.75, 3.05) is 0 Å². The molecule has 1 amide bonds. The molecule has 4 heteroatoms. The first kappa shape index (κ1) is 15.0. The fraction of sp³-hybridized carbons (Fsp3) is 0.333. The molecule has 1 aromatic carbocycles. The standard InChI is InChI=1S/C18H19NO2S/c1-11-7-8-16(15-6-4-3-5-14(11)15)19-18(21)17-9-13(10-22-17)12(2)20/h3-6,9-11,16H,7-8H2,1-2H3,(H,19,21)/t11-,16+/m0/s1. The normalized spacial score (nSPS) is 20.3. The van der Waals surface area contributed by atoms with Crippen molar-refractivity contribution in [2.24, 2.45) is 0 Å². The summed E-state index contributed by atoms with van der Waals surface area (Å²) in [5.74, 6) is 0.439. The Morgan fingerprint density at radius 2 is 1.91 bits per heavy atom. The van der Waals surface area contributed by atoms with Gasteiger partial charge in [-0.3, -0.25) is 9.59 Å². The predicted octanol–water partition coefficient (Wildman–Crippen LogP) is 4.32. The van der Waals surface area contributed by atoms with E-state index in [1.165, 1.54) is 29.4 Å². The van der Waals surface area contributed by atoms with Gasteiger partial charge in [0.25, 0.3) is 5.91 Å². The van der Waals surface area contributed by atoms with E-state index >= 15 is 0 Å². The fourth-order valence-electron chi connectivity index (χ4n) is 3.02. The number of hydrogen-bond donors (Lipinski definition) is 1. The van der Waals surface area contributed by atoms with Crippen LogP contribution < -0.4 is 5.32 Å². The second-order valence-corrected chi connectivity index (χ2v) is 6.80. The molecule has 0 unspecified atom stereocenters. The van der Waals surface area contributed by atoms with Crippen molar-refractivity contribution in [1.29, 1.82) is 0 Å². The summed E-state index contributed by atoms with van der Waals surface area (Å²) < 4.78 is 0. The number of amides is 1. The van der Waals surface area contributed by atoms with Gasteiger partial charge in [0.2, 0.25) is 0 Å². The van der Waals surface area contributed by atoms with Gasteiger partial charge in [-0.2, -0.15) is 0 Å². The van der Waals surface area contributed by atoms with Gasteiger partial charge in [-0.1, -0.05) is 31.2 Å². The molecule has 1 heterocycles. The Morgan fingerprint density at radius 3 is 2.59 bits per heavy atom. The van der Waals surface area contributed by atoms with Gasteiger partial charge in [-0.15, -0.1) is 11.3 Å². The van der Waals surface area contributed by atoms with Gasteiger partial charge in [-0.25, -0.2) is 0 Å². The van der Waals surface area contributed by atoms with Gasteiger partial charge >= 0.3 is 0 Å². The maximum atomic E-state index is 12.4. The van der Waals surface area contributed by atoms with Crippen LogP contribution in [0, 0.1) is 0 Å². The van der Waals surface area contributed by atoms with Crippen LogP contribution in [-0.4, -0.2) is 11.7 Å². The molecule has 1 aromatic heterocycles. The van der Waals surface area contributed by atoms with Gasteiger partial charge in [0.15, 0.2) is 5.78 Å². The molecule has 0 spiro atoms. The van der Waals surface area contributed by atoms with E-state index in [1.807, 2.05) is 6.07 Å². The molecule has 1 N–H and O–H groups in total. The fourth-order valence-corrected chi connectivity index (χ4v) is 3.87. The highest BCUT2D eigenvalue weighted by molar-refractivity contribution is 7.12. The minimum absolute atomic E-state index is 0.00728. The second-order valence-electron chi connectivity index (χ2n) is 5.89. The largest absolute Gasteiger partial charge is 0.345 e. The Kier molecular flexibility index (Phi) is 4.12. The van der Waals surface area contributed by atoms with E-state index in [0.29, 0.717) is 16.4 Å². The van der Waals surface area contributed by atoms with Crippen molar-refractivity contribution < 1.29 is 9.59 Å². The summed E-state index contributed by atoms with van der Waals surface area (Å²) in [7, 11) is 0. The lowest BCUT2D eigenvalue weighted by molar-refractivity contribution is 0.0936. The average Bonchev–Trinajstić information content (AvgIpc) is 3.01. The highest BCUT2D eigenvalue weighted by atomic mass is 32.1. The number of ketones is 1. The maximum absolute atomic E-state index is 12.4. The molecule has 1 aliphatic carbocycles. The molecule has 22 heavy (non-hydrogen) atoms. The molecule has 2 aromatic rings. The van der Waals surface area contributed by atoms with E-state index in [4.69, 9.17) is 0 Å². The van der Waals surface area contributed by atoms with Crippen molar-refractivity contribution >= 4 is 23.0 Å². The molecule has 2 atom stereocenters. The van der Waals surface area contributed by atoms with Crippen molar-refractivity contribution in [2.45, 2.75) is 38.6 Å². The number of fused-ring (bicyclic) bond motifs is 1. The minimum Gasteiger partial charge on any atom is -0.345 e. The van der Waals surface area contributed by atoms with Gasteiger partial charge in [-0.05, 0) is 42.9 Å². The van der Waals surface area contributed by atoms with Crippen LogP contribution in [-0.2, 0) is 0 Å². The van der Waals surface area contributed by atoms with Crippen molar-refractivity contribution in [3.63, 3.8) is 0 Å². The molecule has 0 saturated heterocycles. The quantitative estimate of drug-likeness (QED) is 0.858. The van der Waals surface area contributed by atoms with E-state index in [0.717, 1.165) is 12.8 Å². The molecule has 3 rings (SSSR count). The number of benzene rings is 1. The first-order chi connectivity index (χ1) is 10.6. The predicted molar refractivity (Wildman–Crippen MR) is 88.6 cm³/mol. The zero-order valence-corrected chi connectivity index (χ0v) is 13.6. The average molecular weight is 313 g/mol. The van der Waals surface area contributed by atoms with Crippen LogP contribution in [0.5, 0.6) is 0 Å². The Labute approximate surface area is 134 Å². The van der Waals surface area contributed by atoms with Crippen molar-refractivity contribution in [3.8, 4) is 0 Å². The first-order valence-electron chi connectivity index (χ1n) is 7.55. The van der Waals surface area contributed by atoms with E-state index in [1.54, 1.807) is 11.4 Å². The van der Waals surface area contributed by atoms with Gasteiger partial charge < -0.3 is 5.32 Å². The number of carbonyl (C=O) groups excluding carboxylic acids is 2. The summed E-state index contributed by atoms with van der Waals surface area (Å²) in [5, 5.41) is 4.87. The molecule has 3 nitrogen and oxygen atoms in total. The van der Waals surface area contributed by atoms with Crippen molar-refractivity contribution in [3.05, 3.63) is 57.3 Å². The Balaban J connectivity index is 1.80. The number of hydrogen-bond acceptors (Lipinski definition) is 3. The minimum atomic E-state index is -0.0909. The Bertz CT molecular complexity index is 719. The van der Waals surface area contributed by atoms with Crippen molar-refractivity contribution in [1.82, 2.24) is 5.32 Å². The smallest absolute Gasteiger partial charge is 0.261 e. The molecule has 0 bridgehead atoms. The SMILES string of the molecule is CC(=O)c1csc(C(=O)N[C@@H]2CC[C@H](C)c3ccccc32)c1. The first-order valence-corrected chi connectivity index (χ1v) is 8.43. The zero-order valence-electron chi connectivity index (χ0n) is 12.8. The third-order valence-electron chi connectivity index (χ3n) is 4.33. The molecular formula is C18H19NO2S. The van der Waals surface area contributed by atoms with E-state index in [9.17, 15) is 9.59 Å². The number of nitrogens with one attached hydrogen (secondary N) is 1. The third kappa shape index (κ3) is 2.83. The van der Waals surface area contributed by atoms with Gasteiger partial charge in [0.1, 0.15) is 0 Å². The van der Waals surface area contributed by atoms with Crippen LogP contribution in [0.1, 0.15) is 69.8 Å².